The number of hydrogen-bond donors (Lipinski definition) is 0. The van der Waals surface area contributed by atoms with E-state index in [9.17, 15) is 14.4 Å². The number of nitrogens with zero attached hydrogens (tertiary/aromatic N) is 3. The topological polar surface area (TPSA) is 75.8 Å². The monoisotopic (exact) mass is 357 g/mol. The SMILES string of the molecule is Cn1c(=O)oc2cc(C(=O)N3CCCN(C(=O)C4CCC4)CC3)ccc21. The Morgan fingerprint density at radius 3 is 2.50 bits per heavy atom. The van der Waals surface area contributed by atoms with Crippen LogP contribution in [0, 0.1) is 5.92 Å². The molecule has 0 bridgehead atoms. The Morgan fingerprint density at radius 1 is 1.04 bits per heavy atom. The van der Waals surface area contributed by atoms with Crippen molar-refractivity contribution < 1.29 is 14.0 Å². The molecule has 1 saturated carbocycles. The summed E-state index contributed by atoms with van der Waals surface area (Å²) in [6, 6.07) is 5.08. The third-order valence-electron chi connectivity index (χ3n) is 5.59. The van der Waals surface area contributed by atoms with Gasteiger partial charge in [-0.25, -0.2) is 4.79 Å². The van der Waals surface area contributed by atoms with Gasteiger partial charge >= 0.3 is 5.76 Å². The van der Waals surface area contributed by atoms with E-state index in [0.717, 1.165) is 25.7 Å². The van der Waals surface area contributed by atoms with Crippen molar-refractivity contribution >= 4 is 22.9 Å². The standard InChI is InChI=1S/C19H23N3O4/c1-20-15-7-6-14(12-16(15)26-19(20)25)18(24)22-9-3-8-21(10-11-22)17(23)13-4-2-5-13/h6-7,12-13H,2-5,8-11H2,1H3. The highest BCUT2D eigenvalue weighted by Crippen LogP contribution is 2.28. The van der Waals surface area contributed by atoms with Gasteiger partial charge in [-0.1, -0.05) is 6.42 Å². The van der Waals surface area contributed by atoms with E-state index in [-0.39, 0.29) is 17.7 Å². The van der Waals surface area contributed by atoms with Gasteiger partial charge in [0.25, 0.3) is 5.91 Å². The number of aromatic nitrogens is 1. The first-order valence-electron chi connectivity index (χ1n) is 9.22. The van der Waals surface area contributed by atoms with E-state index in [1.807, 2.05) is 4.90 Å². The minimum atomic E-state index is -0.440. The Bertz CT molecular complexity index is 909. The number of carbonyl (C=O) groups is 2. The van der Waals surface area contributed by atoms with Crippen LogP contribution in [-0.2, 0) is 11.8 Å². The van der Waals surface area contributed by atoms with Gasteiger partial charge in [0.05, 0.1) is 5.52 Å². The lowest BCUT2D eigenvalue weighted by Crippen LogP contribution is -2.41. The molecule has 2 aliphatic rings. The predicted octanol–water partition coefficient (Wildman–Crippen LogP) is 1.61. The van der Waals surface area contributed by atoms with Crippen molar-refractivity contribution in [3.8, 4) is 0 Å². The molecule has 1 aliphatic heterocycles. The van der Waals surface area contributed by atoms with Crippen molar-refractivity contribution in [3.63, 3.8) is 0 Å². The lowest BCUT2D eigenvalue weighted by atomic mass is 9.84. The molecular formula is C19H23N3O4. The number of hydrogen-bond acceptors (Lipinski definition) is 4. The number of aryl methyl sites for hydroxylation is 1. The Hall–Kier alpha value is -2.57. The summed E-state index contributed by atoms with van der Waals surface area (Å²) in [5.41, 5.74) is 1.59. The van der Waals surface area contributed by atoms with Crippen molar-refractivity contribution in [2.45, 2.75) is 25.7 Å². The highest BCUT2D eigenvalue weighted by Gasteiger charge is 2.31. The molecule has 1 aromatic heterocycles. The Balaban J connectivity index is 1.47. The zero-order valence-electron chi connectivity index (χ0n) is 14.9. The quantitative estimate of drug-likeness (QED) is 0.818. The second kappa shape index (κ2) is 6.63. The summed E-state index contributed by atoms with van der Waals surface area (Å²) in [5, 5.41) is 0. The Morgan fingerprint density at radius 2 is 1.77 bits per heavy atom. The lowest BCUT2D eigenvalue weighted by Gasteiger charge is -2.31. The van der Waals surface area contributed by atoms with Crippen LogP contribution in [0.3, 0.4) is 0 Å². The van der Waals surface area contributed by atoms with E-state index in [1.54, 1.807) is 30.1 Å². The van der Waals surface area contributed by atoms with Gasteiger partial charge in [0.1, 0.15) is 0 Å². The summed E-state index contributed by atoms with van der Waals surface area (Å²) in [7, 11) is 1.64. The number of amides is 2. The van der Waals surface area contributed by atoms with Gasteiger partial charge in [0.15, 0.2) is 5.58 Å². The summed E-state index contributed by atoms with van der Waals surface area (Å²) in [5.74, 6) is -0.0838. The van der Waals surface area contributed by atoms with Gasteiger partial charge in [0, 0.05) is 44.7 Å². The zero-order chi connectivity index (χ0) is 18.3. The fourth-order valence-corrected chi connectivity index (χ4v) is 3.70. The van der Waals surface area contributed by atoms with Crippen LogP contribution in [0.4, 0.5) is 0 Å². The van der Waals surface area contributed by atoms with Crippen LogP contribution in [0.5, 0.6) is 0 Å². The highest BCUT2D eigenvalue weighted by atomic mass is 16.4. The van der Waals surface area contributed by atoms with Crippen molar-refractivity contribution in [2.75, 3.05) is 26.2 Å². The highest BCUT2D eigenvalue weighted by molar-refractivity contribution is 5.97. The number of rotatable bonds is 2. The summed E-state index contributed by atoms with van der Waals surface area (Å²) < 4.78 is 6.60. The minimum absolute atomic E-state index is 0.0867. The van der Waals surface area contributed by atoms with E-state index in [2.05, 4.69) is 0 Å². The summed E-state index contributed by atoms with van der Waals surface area (Å²) in [4.78, 5) is 40.6. The molecule has 0 unspecified atom stereocenters. The van der Waals surface area contributed by atoms with Gasteiger partial charge in [0.2, 0.25) is 5.91 Å². The maximum absolute atomic E-state index is 12.9. The smallest absolute Gasteiger partial charge is 0.408 e. The Labute approximate surface area is 151 Å². The first kappa shape index (κ1) is 16.9. The minimum Gasteiger partial charge on any atom is -0.408 e. The molecule has 0 radical (unpaired) electrons. The molecule has 0 spiro atoms. The molecule has 7 heteroatoms. The number of benzene rings is 1. The fourth-order valence-electron chi connectivity index (χ4n) is 3.70. The summed E-state index contributed by atoms with van der Waals surface area (Å²) in [6.45, 7) is 2.47. The van der Waals surface area contributed by atoms with Crippen molar-refractivity contribution in [1.82, 2.24) is 14.4 Å². The van der Waals surface area contributed by atoms with E-state index in [1.165, 1.54) is 4.57 Å². The Kier molecular flexibility index (Phi) is 4.30. The van der Waals surface area contributed by atoms with E-state index in [0.29, 0.717) is 42.8 Å². The van der Waals surface area contributed by atoms with Crippen LogP contribution in [0.1, 0.15) is 36.0 Å². The molecule has 1 aromatic carbocycles. The van der Waals surface area contributed by atoms with E-state index < -0.39 is 5.76 Å². The van der Waals surface area contributed by atoms with Gasteiger partial charge in [-0.15, -0.1) is 0 Å². The average Bonchev–Trinajstić information content (AvgIpc) is 2.77. The zero-order valence-corrected chi connectivity index (χ0v) is 14.9. The maximum Gasteiger partial charge on any atom is 0.419 e. The molecular weight excluding hydrogens is 334 g/mol. The first-order valence-corrected chi connectivity index (χ1v) is 9.22. The molecule has 0 atom stereocenters. The largest absolute Gasteiger partial charge is 0.419 e. The second-order valence-electron chi connectivity index (χ2n) is 7.21. The molecule has 4 rings (SSSR count). The molecule has 7 nitrogen and oxygen atoms in total. The van der Waals surface area contributed by atoms with Gasteiger partial charge in [-0.3, -0.25) is 14.2 Å². The van der Waals surface area contributed by atoms with Crippen LogP contribution in [-0.4, -0.2) is 52.4 Å². The molecule has 0 N–H and O–H groups in total. The van der Waals surface area contributed by atoms with Crippen molar-refractivity contribution in [2.24, 2.45) is 13.0 Å². The fraction of sp³-hybridized carbons (Fsp3) is 0.526. The molecule has 138 valence electrons. The van der Waals surface area contributed by atoms with Crippen LogP contribution < -0.4 is 5.76 Å². The molecule has 1 saturated heterocycles. The normalized spacial score (nSPS) is 18.7. The van der Waals surface area contributed by atoms with Crippen molar-refractivity contribution in [3.05, 3.63) is 34.3 Å². The third-order valence-corrected chi connectivity index (χ3v) is 5.59. The third kappa shape index (κ3) is 2.91. The van der Waals surface area contributed by atoms with Crippen LogP contribution in [0.15, 0.2) is 27.4 Å². The average molecular weight is 357 g/mol. The second-order valence-corrected chi connectivity index (χ2v) is 7.21. The van der Waals surface area contributed by atoms with E-state index in [4.69, 9.17) is 4.42 Å². The van der Waals surface area contributed by atoms with E-state index >= 15 is 0 Å². The maximum atomic E-state index is 12.9. The predicted molar refractivity (Wildman–Crippen MR) is 95.9 cm³/mol. The number of oxazole rings is 1. The number of fused-ring (bicyclic) bond motifs is 1. The molecule has 2 aromatic rings. The van der Waals surface area contributed by atoms with Gasteiger partial charge in [-0.2, -0.15) is 0 Å². The van der Waals surface area contributed by atoms with Crippen LogP contribution >= 0.6 is 0 Å². The van der Waals surface area contributed by atoms with Crippen molar-refractivity contribution in [1.29, 1.82) is 0 Å². The molecule has 2 amide bonds. The van der Waals surface area contributed by atoms with Crippen LogP contribution in [0.25, 0.3) is 11.1 Å². The first-order chi connectivity index (χ1) is 12.5. The summed E-state index contributed by atoms with van der Waals surface area (Å²) in [6.07, 6.45) is 3.93. The van der Waals surface area contributed by atoms with Gasteiger partial charge in [-0.05, 0) is 37.5 Å². The molecule has 2 heterocycles. The lowest BCUT2D eigenvalue weighted by molar-refractivity contribution is -0.138. The molecule has 2 fully saturated rings. The van der Waals surface area contributed by atoms with Gasteiger partial charge < -0.3 is 14.2 Å². The van der Waals surface area contributed by atoms with Crippen LogP contribution in [0.2, 0.25) is 0 Å². The molecule has 1 aliphatic carbocycles. The number of carbonyl (C=O) groups excluding carboxylic acids is 2. The summed E-state index contributed by atoms with van der Waals surface area (Å²) >= 11 is 0. The molecule has 26 heavy (non-hydrogen) atoms.